The minimum atomic E-state index is -0.164. The third kappa shape index (κ3) is 1.80. The molecular formula is C18H22N2O2. The van der Waals surface area contributed by atoms with Crippen LogP contribution in [0.4, 0.5) is 5.69 Å². The quantitative estimate of drug-likeness (QED) is 0.747. The van der Waals surface area contributed by atoms with Gasteiger partial charge in [-0.25, -0.2) is 4.90 Å². The van der Waals surface area contributed by atoms with Crippen molar-refractivity contribution in [1.29, 1.82) is 0 Å². The molecule has 4 nitrogen and oxygen atoms in total. The standard InChI is InChI=1S/C18H22N2O2/c1-18(2)9-6-10-19-11-13-14(15(18)19)17(22)20(16(13)21)12-7-4-3-5-8-12/h3-5,7-8,13-15H,6,9-11H2,1-2H3/t13-,14-,15+/m0/s1. The van der Waals surface area contributed by atoms with Crippen LogP contribution in [0.15, 0.2) is 30.3 Å². The van der Waals surface area contributed by atoms with Crippen LogP contribution < -0.4 is 4.90 Å². The summed E-state index contributed by atoms with van der Waals surface area (Å²) in [4.78, 5) is 29.7. The van der Waals surface area contributed by atoms with E-state index in [1.165, 1.54) is 4.90 Å². The predicted octanol–water partition coefficient (Wildman–Crippen LogP) is 2.30. The third-order valence-electron chi connectivity index (χ3n) is 5.72. The van der Waals surface area contributed by atoms with Gasteiger partial charge in [-0.3, -0.25) is 14.5 Å². The second kappa shape index (κ2) is 4.66. The fraction of sp³-hybridized carbons (Fsp3) is 0.556. The van der Waals surface area contributed by atoms with Gasteiger partial charge in [0, 0.05) is 12.6 Å². The minimum absolute atomic E-state index is 0.00340. The summed E-state index contributed by atoms with van der Waals surface area (Å²) in [6.07, 6.45) is 2.29. The van der Waals surface area contributed by atoms with Crippen LogP contribution in [0.25, 0.3) is 0 Å². The number of piperidine rings is 1. The number of imide groups is 1. The molecule has 4 rings (SSSR count). The first-order valence-corrected chi connectivity index (χ1v) is 8.17. The molecule has 1 aromatic carbocycles. The van der Waals surface area contributed by atoms with Gasteiger partial charge in [0.2, 0.25) is 11.8 Å². The van der Waals surface area contributed by atoms with E-state index in [0.29, 0.717) is 5.69 Å². The van der Waals surface area contributed by atoms with Crippen molar-refractivity contribution >= 4 is 17.5 Å². The minimum Gasteiger partial charge on any atom is -0.298 e. The molecule has 3 aliphatic rings. The molecule has 3 aliphatic heterocycles. The summed E-state index contributed by atoms with van der Waals surface area (Å²) >= 11 is 0. The highest BCUT2D eigenvalue weighted by molar-refractivity contribution is 6.22. The van der Waals surface area contributed by atoms with Crippen LogP contribution in [0.1, 0.15) is 26.7 Å². The molecule has 0 saturated carbocycles. The van der Waals surface area contributed by atoms with Gasteiger partial charge in [-0.15, -0.1) is 0 Å². The molecule has 2 amide bonds. The van der Waals surface area contributed by atoms with Gasteiger partial charge in [0.15, 0.2) is 0 Å². The first-order valence-electron chi connectivity index (χ1n) is 8.17. The smallest absolute Gasteiger partial charge is 0.239 e. The Morgan fingerprint density at radius 3 is 2.55 bits per heavy atom. The molecule has 3 atom stereocenters. The lowest BCUT2D eigenvalue weighted by Crippen LogP contribution is -2.51. The van der Waals surface area contributed by atoms with Crippen molar-refractivity contribution in [2.75, 3.05) is 18.0 Å². The van der Waals surface area contributed by atoms with Gasteiger partial charge in [-0.2, -0.15) is 0 Å². The molecule has 1 aromatic rings. The zero-order valence-corrected chi connectivity index (χ0v) is 13.2. The summed E-state index contributed by atoms with van der Waals surface area (Å²) in [5.41, 5.74) is 0.812. The number of anilines is 1. The van der Waals surface area contributed by atoms with Gasteiger partial charge in [-0.1, -0.05) is 32.0 Å². The Hall–Kier alpha value is -1.68. The van der Waals surface area contributed by atoms with Crippen LogP contribution in [0.3, 0.4) is 0 Å². The highest BCUT2D eigenvalue weighted by Crippen LogP contribution is 2.49. The molecule has 0 spiro atoms. The van der Waals surface area contributed by atoms with E-state index >= 15 is 0 Å². The maximum atomic E-state index is 13.0. The van der Waals surface area contributed by atoms with Crippen LogP contribution in [-0.2, 0) is 9.59 Å². The molecular weight excluding hydrogens is 276 g/mol. The van der Waals surface area contributed by atoms with Crippen LogP contribution in [0.5, 0.6) is 0 Å². The molecule has 3 heterocycles. The van der Waals surface area contributed by atoms with Crippen LogP contribution >= 0.6 is 0 Å². The van der Waals surface area contributed by atoms with Gasteiger partial charge in [0.05, 0.1) is 17.5 Å². The van der Waals surface area contributed by atoms with Crippen molar-refractivity contribution in [2.45, 2.75) is 32.7 Å². The Labute approximate surface area is 131 Å². The summed E-state index contributed by atoms with van der Waals surface area (Å²) in [7, 11) is 0. The highest BCUT2D eigenvalue weighted by Gasteiger charge is 2.61. The molecule has 3 saturated heterocycles. The Kier molecular flexibility index (Phi) is 2.95. The summed E-state index contributed by atoms with van der Waals surface area (Å²) < 4.78 is 0. The molecule has 3 fully saturated rings. The van der Waals surface area contributed by atoms with Crippen molar-refractivity contribution in [2.24, 2.45) is 17.3 Å². The average Bonchev–Trinajstić information content (AvgIpc) is 2.98. The summed E-state index contributed by atoms with van der Waals surface area (Å²) in [5, 5.41) is 0. The van der Waals surface area contributed by atoms with E-state index in [0.717, 1.165) is 25.9 Å². The van der Waals surface area contributed by atoms with Crippen molar-refractivity contribution < 1.29 is 9.59 Å². The average molecular weight is 298 g/mol. The van der Waals surface area contributed by atoms with Crippen molar-refractivity contribution in [3.63, 3.8) is 0 Å². The molecule has 0 radical (unpaired) electrons. The summed E-state index contributed by atoms with van der Waals surface area (Å²) in [5.74, 6) is -0.326. The Balaban J connectivity index is 1.72. The number of carbonyl (C=O) groups excluding carboxylic acids is 2. The molecule has 4 heteroatoms. The molecule has 0 bridgehead atoms. The Morgan fingerprint density at radius 2 is 1.82 bits per heavy atom. The number of benzene rings is 1. The van der Waals surface area contributed by atoms with Crippen molar-refractivity contribution in [1.82, 2.24) is 4.90 Å². The monoisotopic (exact) mass is 298 g/mol. The Bertz CT molecular complexity index is 625. The van der Waals surface area contributed by atoms with Crippen molar-refractivity contribution in [3.8, 4) is 0 Å². The van der Waals surface area contributed by atoms with Crippen LogP contribution in [0, 0.1) is 17.3 Å². The van der Waals surface area contributed by atoms with E-state index in [9.17, 15) is 9.59 Å². The van der Waals surface area contributed by atoms with Gasteiger partial charge >= 0.3 is 0 Å². The highest BCUT2D eigenvalue weighted by atomic mass is 16.2. The number of hydrogen-bond acceptors (Lipinski definition) is 3. The number of amides is 2. The number of rotatable bonds is 1. The maximum Gasteiger partial charge on any atom is 0.239 e. The first kappa shape index (κ1) is 13.9. The maximum absolute atomic E-state index is 13.0. The molecule has 0 N–H and O–H groups in total. The van der Waals surface area contributed by atoms with Gasteiger partial charge in [-0.05, 0) is 36.9 Å². The van der Waals surface area contributed by atoms with Gasteiger partial charge in [0.25, 0.3) is 0 Å². The van der Waals surface area contributed by atoms with E-state index in [1.807, 2.05) is 30.3 Å². The topological polar surface area (TPSA) is 40.6 Å². The third-order valence-corrected chi connectivity index (χ3v) is 5.72. The normalized spacial score (nSPS) is 33.9. The van der Waals surface area contributed by atoms with E-state index in [4.69, 9.17) is 0 Å². The van der Waals surface area contributed by atoms with Crippen LogP contribution in [0.2, 0.25) is 0 Å². The fourth-order valence-electron chi connectivity index (χ4n) is 4.82. The zero-order chi connectivity index (χ0) is 15.5. The largest absolute Gasteiger partial charge is 0.298 e. The number of fused-ring (bicyclic) bond motifs is 3. The zero-order valence-electron chi connectivity index (χ0n) is 13.2. The van der Waals surface area contributed by atoms with E-state index < -0.39 is 0 Å². The van der Waals surface area contributed by atoms with E-state index in [1.54, 1.807) is 0 Å². The lowest BCUT2D eigenvalue weighted by atomic mass is 9.71. The molecule has 0 unspecified atom stereocenters. The lowest BCUT2D eigenvalue weighted by Gasteiger charge is -2.44. The summed E-state index contributed by atoms with van der Waals surface area (Å²) in [6.45, 7) is 6.25. The fourth-order valence-corrected chi connectivity index (χ4v) is 4.82. The van der Waals surface area contributed by atoms with E-state index in [-0.39, 0.29) is 35.1 Å². The second-order valence-electron chi connectivity index (χ2n) is 7.51. The Morgan fingerprint density at radius 1 is 1.09 bits per heavy atom. The van der Waals surface area contributed by atoms with Gasteiger partial charge in [0.1, 0.15) is 0 Å². The predicted molar refractivity (Wildman–Crippen MR) is 84.3 cm³/mol. The number of para-hydroxylation sites is 1. The SMILES string of the molecule is CC1(C)CCCN2C[C@@H]3C(=O)N(c4ccccc4)C(=O)[C@@H]3[C@@H]21. The van der Waals surface area contributed by atoms with Gasteiger partial charge < -0.3 is 0 Å². The molecule has 116 valence electrons. The number of hydrogen-bond donors (Lipinski definition) is 0. The van der Waals surface area contributed by atoms with E-state index in [2.05, 4.69) is 18.7 Å². The summed E-state index contributed by atoms with van der Waals surface area (Å²) in [6, 6.07) is 9.56. The molecule has 0 aliphatic carbocycles. The lowest BCUT2D eigenvalue weighted by molar-refractivity contribution is -0.124. The number of nitrogens with zero attached hydrogens (tertiary/aromatic N) is 2. The van der Waals surface area contributed by atoms with Crippen molar-refractivity contribution in [3.05, 3.63) is 30.3 Å². The molecule has 22 heavy (non-hydrogen) atoms. The second-order valence-corrected chi connectivity index (χ2v) is 7.51. The first-order chi connectivity index (χ1) is 10.5. The van der Waals surface area contributed by atoms with Crippen LogP contribution in [-0.4, -0.2) is 35.8 Å². The number of carbonyl (C=O) groups is 2. The molecule has 0 aromatic heterocycles.